The summed E-state index contributed by atoms with van der Waals surface area (Å²) in [5.74, 6) is 6.52. The molecule has 0 atom stereocenters. The number of hydrogen-bond donors (Lipinski definition) is 0. The maximum Gasteiger partial charge on any atom is 0.168 e. The first-order valence-corrected chi connectivity index (χ1v) is 8.00. The van der Waals surface area contributed by atoms with Gasteiger partial charge in [-0.1, -0.05) is 60.4 Å². The molecule has 3 rings (SSSR count). The number of benzene rings is 2. The van der Waals surface area contributed by atoms with Crippen LogP contribution >= 0.6 is 0 Å². The van der Waals surface area contributed by atoms with Gasteiger partial charge < -0.3 is 17.0 Å². The fourth-order valence-corrected chi connectivity index (χ4v) is 2.47. The van der Waals surface area contributed by atoms with E-state index in [0.29, 0.717) is 0 Å². The lowest BCUT2D eigenvalue weighted by atomic mass is 10.0. The summed E-state index contributed by atoms with van der Waals surface area (Å²) < 4.78 is 2.19. The standard InChI is InChI=1S/C22H20N.BrH/c1-5-11-21(12-6-1)22-15-13-20(14-16-22)10-4-2-7-17-23-18-8-3-9-19-23;/h1,3,5-6,8-9,11-16,18-19H,2,7,17H2;1H/q+1;/p-1. The van der Waals surface area contributed by atoms with Gasteiger partial charge in [0.15, 0.2) is 12.4 Å². The molecule has 0 saturated heterocycles. The van der Waals surface area contributed by atoms with E-state index in [1.165, 1.54) is 11.1 Å². The molecule has 1 aromatic heterocycles. The van der Waals surface area contributed by atoms with Gasteiger partial charge in [0.2, 0.25) is 0 Å². The highest BCUT2D eigenvalue weighted by Crippen LogP contribution is 2.18. The Morgan fingerprint density at radius 3 is 2.04 bits per heavy atom. The van der Waals surface area contributed by atoms with Crippen LogP contribution in [-0.2, 0) is 6.54 Å². The zero-order valence-corrected chi connectivity index (χ0v) is 15.1. The molecule has 0 aliphatic carbocycles. The van der Waals surface area contributed by atoms with Crippen LogP contribution in [0.4, 0.5) is 0 Å². The van der Waals surface area contributed by atoms with Crippen LogP contribution in [0.25, 0.3) is 11.1 Å². The van der Waals surface area contributed by atoms with Gasteiger partial charge in [0.25, 0.3) is 0 Å². The molecule has 0 spiro atoms. The first-order chi connectivity index (χ1) is 11.4. The van der Waals surface area contributed by atoms with Crippen LogP contribution in [0, 0.1) is 11.8 Å². The van der Waals surface area contributed by atoms with Crippen molar-refractivity contribution < 1.29 is 21.5 Å². The van der Waals surface area contributed by atoms with Gasteiger partial charge in [0, 0.05) is 30.5 Å². The van der Waals surface area contributed by atoms with Crippen molar-refractivity contribution in [2.24, 2.45) is 0 Å². The first kappa shape index (κ1) is 18.0. The Balaban J connectivity index is 0.00000208. The topological polar surface area (TPSA) is 3.88 Å². The molecule has 0 aliphatic rings. The molecule has 0 radical (unpaired) electrons. The summed E-state index contributed by atoms with van der Waals surface area (Å²) >= 11 is 0. The SMILES string of the molecule is C(#Cc1ccc(-c2ccccc2)cc1)CCC[n+]1ccccc1.[Br-]. The van der Waals surface area contributed by atoms with Crippen molar-refractivity contribution >= 4 is 0 Å². The van der Waals surface area contributed by atoms with Crippen molar-refractivity contribution in [3.05, 3.63) is 90.8 Å². The smallest absolute Gasteiger partial charge is 0.168 e. The molecule has 0 unspecified atom stereocenters. The van der Waals surface area contributed by atoms with Crippen molar-refractivity contribution in [1.29, 1.82) is 0 Å². The minimum atomic E-state index is 0. The average molecular weight is 378 g/mol. The summed E-state index contributed by atoms with van der Waals surface area (Å²) in [5, 5.41) is 0. The second-order valence-corrected chi connectivity index (χ2v) is 5.46. The third-order valence-electron chi connectivity index (χ3n) is 3.72. The Bertz CT molecular complexity index is 784. The normalized spacial score (nSPS) is 9.50. The zero-order valence-electron chi connectivity index (χ0n) is 13.5. The largest absolute Gasteiger partial charge is 1.00 e. The fraction of sp³-hybridized carbons (Fsp3) is 0.136. The van der Waals surface area contributed by atoms with E-state index in [2.05, 4.69) is 89.5 Å². The predicted molar refractivity (Wildman–Crippen MR) is 94.6 cm³/mol. The average Bonchev–Trinajstić information content (AvgIpc) is 2.64. The van der Waals surface area contributed by atoms with Gasteiger partial charge in [0.05, 0.1) is 0 Å². The number of nitrogens with zero attached hydrogens (tertiary/aromatic N) is 1. The van der Waals surface area contributed by atoms with E-state index in [1.54, 1.807) is 0 Å². The molecule has 3 aromatic rings. The van der Waals surface area contributed by atoms with Gasteiger partial charge in [-0.3, -0.25) is 0 Å². The molecule has 2 heteroatoms. The summed E-state index contributed by atoms with van der Waals surface area (Å²) in [6.07, 6.45) is 6.18. The lowest BCUT2D eigenvalue weighted by Crippen LogP contribution is -3.00. The van der Waals surface area contributed by atoms with Gasteiger partial charge in [-0.2, -0.15) is 0 Å². The second-order valence-electron chi connectivity index (χ2n) is 5.46. The van der Waals surface area contributed by atoms with Crippen LogP contribution in [0.2, 0.25) is 0 Å². The van der Waals surface area contributed by atoms with E-state index in [9.17, 15) is 0 Å². The van der Waals surface area contributed by atoms with E-state index in [4.69, 9.17) is 0 Å². The number of hydrogen-bond acceptors (Lipinski definition) is 0. The van der Waals surface area contributed by atoms with E-state index in [-0.39, 0.29) is 17.0 Å². The van der Waals surface area contributed by atoms with Crippen LogP contribution in [-0.4, -0.2) is 0 Å². The van der Waals surface area contributed by atoms with E-state index in [0.717, 1.165) is 24.9 Å². The molecule has 0 amide bonds. The molecular formula is C22H20BrN. The molecule has 0 N–H and O–H groups in total. The molecule has 24 heavy (non-hydrogen) atoms. The highest BCUT2D eigenvalue weighted by Gasteiger charge is 1.97. The number of aryl methyl sites for hydroxylation is 1. The quantitative estimate of drug-likeness (QED) is 0.368. The van der Waals surface area contributed by atoms with Crippen molar-refractivity contribution in [2.75, 3.05) is 0 Å². The maximum atomic E-state index is 3.27. The minimum Gasteiger partial charge on any atom is -1.00 e. The van der Waals surface area contributed by atoms with E-state index < -0.39 is 0 Å². The number of halogens is 1. The van der Waals surface area contributed by atoms with E-state index in [1.807, 2.05) is 12.1 Å². The van der Waals surface area contributed by atoms with Crippen LogP contribution in [0.1, 0.15) is 18.4 Å². The molecule has 0 aliphatic heterocycles. The number of aromatic nitrogens is 1. The maximum absolute atomic E-state index is 3.27. The summed E-state index contributed by atoms with van der Waals surface area (Å²) in [4.78, 5) is 0. The van der Waals surface area contributed by atoms with Crippen molar-refractivity contribution in [1.82, 2.24) is 0 Å². The van der Waals surface area contributed by atoms with Gasteiger partial charge in [-0.25, -0.2) is 4.57 Å². The number of rotatable bonds is 4. The lowest BCUT2D eigenvalue weighted by molar-refractivity contribution is -0.697. The van der Waals surface area contributed by atoms with Crippen LogP contribution in [0.3, 0.4) is 0 Å². The Labute approximate surface area is 154 Å². The second kappa shape index (κ2) is 9.70. The van der Waals surface area contributed by atoms with Gasteiger partial charge in [0.1, 0.15) is 6.54 Å². The van der Waals surface area contributed by atoms with Crippen LogP contribution in [0.5, 0.6) is 0 Å². The fourth-order valence-electron chi connectivity index (χ4n) is 2.47. The highest BCUT2D eigenvalue weighted by atomic mass is 79.9. The molecule has 120 valence electrons. The monoisotopic (exact) mass is 377 g/mol. The van der Waals surface area contributed by atoms with Crippen LogP contribution in [0.15, 0.2) is 85.2 Å². The number of unbranched alkanes of at least 4 members (excludes halogenated alkanes) is 1. The molecular weight excluding hydrogens is 358 g/mol. The van der Waals surface area contributed by atoms with Crippen molar-refractivity contribution in [2.45, 2.75) is 19.4 Å². The Morgan fingerprint density at radius 2 is 1.33 bits per heavy atom. The van der Waals surface area contributed by atoms with Gasteiger partial charge in [-0.05, 0) is 23.3 Å². The Kier molecular flexibility index (Phi) is 7.26. The predicted octanol–water partition coefficient (Wildman–Crippen LogP) is 1.48. The van der Waals surface area contributed by atoms with Crippen molar-refractivity contribution in [3.63, 3.8) is 0 Å². The zero-order chi connectivity index (χ0) is 15.7. The molecule has 0 fully saturated rings. The molecule has 1 heterocycles. The molecule has 2 aromatic carbocycles. The van der Waals surface area contributed by atoms with Crippen LogP contribution < -0.4 is 21.5 Å². The molecule has 0 bridgehead atoms. The summed E-state index contributed by atoms with van der Waals surface area (Å²) in [7, 11) is 0. The van der Waals surface area contributed by atoms with Gasteiger partial charge in [-0.15, -0.1) is 0 Å². The summed E-state index contributed by atoms with van der Waals surface area (Å²) in [6.45, 7) is 1.02. The van der Waals surface area contributed by atoms with E-state index >= 15 is 0 Å². The third kappa shape index (κ3) is 5.37. The number of pyridine rings is 1. The summed E-state index contributed by atoms with van der Waals surface area (Å²) in [5.41, 5.74) is 3.56. The molecule has 0 saturated carbocycles. The lowest BCUT2D eigenvalue weighted by Gasteiger charge is -2.00. The minimum absolute atomic E-state index is 0. The molecule has 1 nitrogen and oxygen atoms in total. The van der Waals surface area contributed by atoms with Gasteiger partial charge >= 0.3 is 0 Å². The third-order valence-corrected chi connectivity index (χ3v) is 3.72. The van der Waals surface area contributed by atoms with Crippen molar-refractivity contribution in [3.8, 4) is 23.0 Å². The summed E-state index contributed by atoms with van der Waals surface area (Å²) in [6, 6.07) is 25.0. The first-order valence-electron chi connectivity index (χ1n) is 8.00. The Morgan fingerprint density at radius 1 is 0.708 bits per heavy atom. The highest BCUT2D eigenvalue weighted by molar-refractivity contribution is 5.64. The Hall–Kier alpha value is -2.37.